The van der Waals surface area contributed by atoms with Gasteiger partial charge in [0.2, 0.25) is 6.29 Å². The summed E-state index contributed by atoms with van der Waals surface area (Å²) in [5.41, 5.74) is 2.65. The van der Waals surface area contributed by atoms with Crippen molar-refractivity contribution in [3.63, 3.8) is 0 Å². The van der Waals surface area contributed by atoms with Crippen molar-refractivity contribution in [2.24, 2.45) is 0 Å². The fourth-order valence-electron chi connectivity index (χ4n) is 4.14. The third-order valence-electron chi connectivity index (χ3n) is 6.20. The van der Waals surface area contributed by atoms with Crippen LogP contribution in [0.4, 0.5) is 0 Å². The summed E-state index contributed by atoms with van der Waals surface area (Å²) in [6, 6.07) is 13.8. The van der Waals surface area contributed by atoms with Gasteiger partial charge in [-0.25, -0.2) is 0 Å². The summed E-state index contributed by atoms with van der Waals surface area (Å²) in [6.45, 7) is 12.0. The molecule has 0 N–H and O–H groups in total. The molecule has 0 spiro atoms. The molecule has 1 aliphatic heterocycles. The Morgan fingerprint density at radius 2 is 1.59 bits per heavy atom. The van der Waals surface area contributed by atoms with E-state index >= 15 is 0 Å². The second kappa shape index (κ2) is 13.2. The molecule has 0 bridgehead atoms. The Kier molecular flexibility index (Phi) is 10.0. The number of piperidine rings is 1. The third kappa shape index (κ3) is 7.64. The van der Waals surface area contributed by atoms with E-state index in [-0.39, 0.29) is 0 Å². The minimum absolute atomic E-state index is 0.591. The number of likely N-dealkylation sites (tertiary alicyclic amines) is 1. The maximum absolute atomic E-state index is 11.4. The summed E-state index contributed by atoms with van der Waals surface area (Å²) in [6.07, 6.45) is 6.64. The van der Waals surface area contributed by atoms with Crippen LogP contribution in [0.15, 0.2) is 42.5 Å². The van der Waals surface area contributed by atoms with E-state index in [4.69, 9.17) is 9.47 Å². The summed E-state index contributed by atoms with van der Waals surface area (Å²) < 4.78 is 11.9. The highest BCUT2D eigenvalue weighted by atomic mass is 16.5. The van der Waals surface area contributed by atoms with Gasteiger partial charge in [-0.2, -0.15) is 0 Å². The van der Waals surface area contributed by atoms with Gasteiger partial charge < -0.3 is 14.4 Å². The highest BCUT2D eigenvalue weighted by molar-refractivity contribution is 5.78. The molecule has 1 radical (unpaired) electrons. The molecule has 5 nitrogen and oxygen atoms in total. The molecule has 0 amide bonds. The quantitative estimate of drug-likeness (QED) is 0.467. The fourth-order valence-corrected chi connectivity index (χ4v) is 4.14. The maximum Gasteiger partial charge on any atom is 0.233 e. The molecule has 173 valence electrons. The van der Waals surface area contributed by atoms with Crippen LogP contribution in [0.3, 0.4) is 0 Å². The number of hydrogen-bond donors (Lipinski definition) is 0. The monoisotopic (exact) mass is 437 g/mol. The number of hydrogen-bond acceptors (Lipinski definition) is 5. The number of benzene rings is 2. The molecule has 1 saturated heterocycles. The number of likely N-dealkylation sites (N-methyl/N-ethyl adjacent to an activating group) is 1. The standard InChI is InChI=1S/C27H37N2O3/c1-3-28(4-2)16-18-31-26-11-8-23(9-12-26)20-25-21-27(13-10-24(25)22-30)32-19-17-29-14-6-5-7-15-29/h8-13,21H,3-7,14-20H2,1-2H3. The number of rotatable bonds is 13. The highest BCUT2D eigenvalue weighted by Crippen LogP contribution is 2.22. The van der Waals surface area contributed by atoms with Gasteiger partial charge in [0.05, 0.1) is 0 Å². The first-order chi connectivity index (χ1) is 15.7. The van der Waals surface area contributed by atoms with Crippen molar-refractivity contribution in [1.82, 2.24) is 9.80 Å². The van der Waals surface area contributed by atoms with Gasteiger partial charge in [-0.05, 0) is 86.9 Å². The van der Waals surface area contributed by atoms with Gasteiger partial charge in [0.1, 0.15) is 24.7 Å². The summed E-state index contributed by atoms with van der Waals surface area (Å²) in [4.78, 5) is 16.2. The molecule has 1 fully saturated rings. The van der Waals surface area contributed by atoms with Crippen molar-refractivity contribution in [3.05, 3.63) is 59.2 Å². The lowest BCUT2D eigenvalue weighted by Gasteiger charge is -2.26. The van der Waals surface area contributed by atoms with Crippen LogP contribution < -0.4 is 9.47 Å². The molecule has 0 unspecified atom stereocenters. The van der Waals surface area contributed by atoms with Crippen LogP contribution in [-0.4, -0.2) is 68.6 Å². The minimum Gasteiger partial charge on any atom is -0.492 e. The zero-order valence-corrected chi connectivity index (χ0v) is 19.6. The summed E-state index contributed by atoms with van der Waals surface area (Å²) >= 11 is 0. The van der Waals surface area contributed by atoms with Crippen molar-refractivity contribution >= 4 is 6.29 Å². The van der Waals surface area contributed by atoms with Crippen LogP contribution in [0.1, 0.15) is 49.8 Å². The van der Waals surface area contributed by atoms with Crippen molar-refractivity contribution in [2.75, 3.05) is 52.5 Å². The van der Waals surface area contributed by atoms with E-state index in [1.807, 2.05) is 30.3 Å². The average molecular weight is 438 g/mol. The van der Waals surface area contributed by atoms with Crippen molar-refractivity contribution in [1.29, 1.82) is 0 Å². The third-order valence-corrected chi connectivity index (χ3v) is 6.20. The summed E-state index contributed by atoms with van der Waals surface area (Å²) in [5.74, 6) is 1.69. The molecule has 5 heteroatoms. The van der Waals surface area contributed by atoms with Gasteiger partial charge in [-0.1, -0.05) is 32.4 Å². The number of ether oxygens (including phenoxy) is 2. The Morgan fingerprint density at radius 1 is 0.906 bits per heavy atom. The first-order valence-corrected chi connectivity index (χ1v) is 12.0. The van der Waals surface area contributed by atoms with Crippen molar-refractivity contribution in [2.45, 2.75) is 39.5 Å². The predicted octanol–water partition coefficient (Wildman–Crippen LogP) is 4.32. The normalized spacial score (nSPS) is 14.5. The largest absolute Gasteiger partial charge is 0.492 e. The lowest BCUT2D eigenvalue weighted by atomic mass is 10.00. The second-order valence-electron chi connectivity index (χ2n) is 8.37. The zero-order valence-electron chi connectivity index (χ0n) is 19.6. The molecular formula is C27H37N2O3. The first-order valence-electron chi connectivity index (χ1n) is 12.0. The average Bonchev–Trinajstić information content (AvgIpc) is 2.84. The van der Waals surface area contributed by atoms with Gasteiger partial charge in [0.15, 0.2) is 0 Å². The molecule has 2 aromatic carbocycles. The van der Waals surface area contributed by atoms with Crippen LogP contribution in [0.2, 0.25) is 0 Å². The van der Waals surface area contributed by atoms with Crippen LogP contribution >= 0.6 is 0 Å². The van der Waals surface area contributed by atoms with E-state index in [1.54, 1.807) is 0 Å². The van der Waals surface area contributed by atoms with E-state index in [9.17, 15) is 4.79 Å². The Hall–Kier alpha value is -2.37. The molecule has 2 aromatic rings. The van der Waals surface area contributed by atoms with E-state index in [0.717, 1.165) is 48.8 Å². The fraction of sp³-hybridized carbons (Fsp3) is 0.519. The Balaban J connectivity index is 1.53. The Labute approximate surface area is 193 Å². The first kappa shape index (κ1) is 24.3. The summed E-state index contributed by atoms with van der Waals surface area (Å²) in [7, 11) is 0. The summed E-state index contributed by atoms with van der Waals surface area (Å²) in [5, 5.41) is 0. The molecule has 0 aliphatic carbocycles. The van der Waals surface area contributed by atoms with Gasteiger partial charge in [-0.15, -0.1) is 0 Å². The lowest BCUT2D eigenvalue weighted by Crippen LogP contribution is -2.33. The second-order valence-corrected chi connectivity index (χ2v) is 8.37. The molecule has 1 heterocycles. The van der Waals surface area contributed by atoms with Gasteiger partial charge in [-0.3, -0.25) is 9.69 Å². The lowest BCUT2D eigenvalue weighted by molar-refractivity contribution is 0.183. The molecule has 32 heavy (non-hydrogen) atoms. The molecule has 0 saturated carbocycles. The van der Waals surface area contributed by atoms with E-state index < -0.39 is 0 Å². The molecule has 3 rings (SSSR count). The molecule has 0 atom stereocenters. The van der Waals surface area contributed by atoms with Gasteiger partial charge in [0.25, 0.3) is 0 Å². The van der Waals surface area contributed by atoms with Crippen LogP contribution in [0, 0.1) is 0 Å². The molecule has 1 aliphatic rings. The van der Waals surface area contributed by atoms with Crippen LogP contribution in [-0.2, 0) is 11.2 Å². The van der Waals surface area contributed by atoms with Crippen LogP contribution in [0.5, 0.6) is 11.5 Å². The molecule has 0 aromatic heterocycles. The van der Waals surface area contributed by atoms with E-state index in [2.05, 4.69) is 42.1 Å². The SMILES string of the molecule is CCN(CC)CCOc1ccc(Cc2cc(OCCN3CCCCC3)ccc2[C]=O)cc1. The van der Waals surface area contributed by atoms with Gasteiger partial charge in [0, 0.05) is 18.7 Å². The van der Waals surface area contributed by atoms with Crippen molar-refractivity contribution < 1.29 is 14.3 Å². The Bertz CT molecular complexity index is 812. The number of nitrogens with zero attached hydrogens (tertiary/aromatic N) is 2. The van der Waals surface area contributed by atoms with Crippen LogP contribution in [0.25, 0.3) is 0 Å². The Morgan fingerprint density at radius 3 is 2.28 bits per heavy atom. The van der Waals surface area contributed by atoms with E-state index in [0.29, 0.717) is 25.2 Å². The predicted molar refractivity (Wildman–Crippen MR) is 130 cm³/mol. The maximum atomic E-state index is 11.4. The highest BCUT2D eigenvalue weighted by Gasteiger charge is 2.11. The van der Waals surface area contributed by atoms with Gasteiger partial charge >= 0.3 is 0 Å². The van der Waals surface area contributed by atoms with Crippen molar-refractivity contribution in [3.8, 4) is 11.5 Å². The zero-order chi connectivity index (χ0) is 22.6. The molecular weight excluding hydrogens is 400 g/mol. The minimum atomic E-state index is 0.591. The smallest absolute Gasteiger partial charge is 0.233 e. The topological polar surface area (TPSA) is 42.0 Å². The van der Waals surface area contributed by atoms with E-state index in [1.165, 1.54) is 32.4 Å². The number of carbonyl (C=O) groups excluding carboxylic acids is 1.